The van der Waals surface area contributed by atoms with Crippen LogP contribution in [0.1, 0.15) is 40.8 Å². The molecule has 22 heavy (non-hydrogen) atoms. The average molecular weight is 303 g/mol. The van der Waals surface area contributed by atoms with Crippen LogP contribution in [0.2, 0.25) is 0 Å². The van der Waals surface area contributed by atoms with Gasteiger partial charge in [0.05, 0.1) is 13.7 Å². The summed E-state index contributed by atoms with van der Waals surface area (Å²) in [7, 11) is 3.34. The first kappa shape index (κ1) is 14.8. The molecule has 2 aromatic heterocycles. The summed E-state index contributed by atoms with van der Waals surface area (Å²) in [6.07, 6.45) is 4.19. The van der Waals surface area contributed by atoms with E-state index < -0.39 is 5.97 Å². The Balaban J connectivity index is 1.64. The molecule has 0 amide bonds. The summed E-state index contributed by atoms with van der Waals surface area (Å²) >= 11 is 0. The van der Waals surface area contributed by atoms with Crippen LogP contribution in [0.15, 0.2) is 28.8 Å². The number of hydrogen-bond donors (Lipinski definition) is 0. The molecule has 1 fully saturated rings. The second-order valence-corrected chi connectivity index (χ2v) is 5.71. The molecular formula is C16H21N3O3. The SMILES string of the molecule is COC(=O)c1ccc(CN2CCC[C@H](c3ccnn3C)C2)o1. The summed E-state index contributed by atoms with van der Waals surface area (Å²) < 4.78 is 12.2. The van der Waals surface area contributed by atoms with Crippen LogP contribution in [0.25, 0.3) is 0 Å². The summed E-state index contributed by atoms with van der Waals surface area (Å²) in [6, 6.07) is 5.61. The zero-order chi connectivity index (χ0) is 15.5. The maximum atomic E-state index is 11.4. The number of methoxy groups -OCH3 is 1. The van der Waals surface area contributed by atoms with Gasteiger partial charge in [0.1, 0.15) is 5.76 Å². The van der Waals surface area contributed by atoms with Crippen LogP contribution in [-0.4, -0.2) is 40.8 Å². The monoisotopic (exact) mass is 303 g/mol. The summed E-state index contributed by atoms with van der Waals surface area (Å²) in [5.74, 6) is 1.12. The molecule has 0 saturated carbocycles. The van der Waals surface area contributed by atoms with Crippen molar-refractivity contribution in [3.05, 3.63) is 41.6 Å². The molecular weight excluding hydrogens is 282 g/mol. The number of aryl methyl sites for hydroxylation is 1. The molecule has 0 aromatic carbocycles. The van der Waals surface area contributed by atoms with Crippen LogP contribution in [0, 0.1) is 0 Å². The van der Waals surface area contributed by atoms with E-state index in [0.717, 1.165) is 25.3 Å². The third-order valence-corrected chi connectivity index (χ3v) is 4.21. The summed E-state index contributed by atoms with van der Waals surface area (Å²) in [5, 5.41) is 4.26. The quantitative estimate of drug-likeness (QED) is 0.810. The predicted octanol–water partition coefficient (Wildman–Crippen LogP) is 2.18. The van der Waals surface area contributed by atoms with Crippen molar-refractivity contribution in [3.63, 3.8) is 0 Å². The lowest BCUT2D eigenvalue weighted by Gasteiger charge is -2.32. The topological polar surface area (TPSA) is 60.5 Å². The molecule has 0 spiro atoms. The number of piperidine rings is 1. The highest BCUT2D eigenvalue weighted by molar-refractivity contribution is 5.86. The van der Waals surface area contributed by atoms with Crippen molar-refractivity contribution in [2.75, 3.05) is 20.2 Å². The first-order valence-corrected chi connectivity index (χ1v) is 7.54. The number of furan rings is 1. The molecule has 1 saturated heterocycles. The molecule has 0 aliphatic carbocycles. The van der Waals surface area contributed by atoms with Gasteiger partial charge in [0.25, 0.3) is 0 Å². The first-order valence-electron chi connectivity index (χ1n) is 7.54. The van der Waals surface area contributed by atoms with Gasteiger partial charge in [0.15, 0.2) is 0 Å². The minimum atomic E-state index is -0.433. The molecule has 6 heteroatoms. The van der Waals surface area contributed by atoms with Crippen molar-refractivity contribution in [2.45, 2.75) is 25.3 Å². The van der Waals surface area contributed by atoms with Crippen LogP contribution >= 0.6 is 0 Å². The van der Waals surface area contributed by atoms with E-state index in [-0.39, 0.29) is 5.76 Å². The van der Waals surface area contributed by atoms with Crippen molar-refractivity contribution in [1.29, 1.82) is 0 Å². The predicted molar refractivity (Wildman–Crippen MR) is 80.5 cm³/mol. The van der Waals surface area contributed by atoms with E-state index in [4.69, 9.17) is 4.42 Å². The molecule has 0 bridgehead atoms. The first-order chi connectivity index (χ1) is 10.7. The maximum Gasteiger partial charge on any atom is 0.373 e. The number of hydrogen-bond acceptors (Lipinski definition) is 5. The number of rotatable bonds is 4. The molecule has 0 N–H and O–H groups in total. The number of esters is 1. The molecule has 3 rings (SSSR count). The lowest BCUT2D eigenvalue weighted by atomic mass is 9.94. The molecule has 1 aliphatic rings. The van der Waals surface area contributed by atoms with Gasteiger partial charge in [-0.1, -0.05) is 0 Å². The van der Waals surface area contributed by atoms with E-state index in [1.165, 1.54) is 19.2 Å². The van der Waals surface area contributed by atoms with Crippen molar-refractivity contribution < 1.29 is 13.9 Å². The fraction of sp³-hybridized carbons (Fsp3) is 0.500. The van der Waals surface area contributed by atoms with Gasteiger partial charge in [-0.05, 0) is 37.6 Å². The number of aromatic nitrogens is 2. The number of nitrogens with zero attached hydrogens (tertiary/aromatic N) is 3. The lowest BCUT2D eigenvalue weighted by molar-refractivity contribution is 0.0560. The van der Waals surface area contributed by atoms with Crippen LogP contribution in [-0.2, 0) is 18.3 Å². The van der Waals surface area contributed by atoms with Crippen molar-refractivity contribution in [2.24, 2.45) is 7.05 Å². The standard InChI is InChI=1S/C16H21N3O3/c1-18-14(7-8-17-18)12-4-3-9-19(10-12)11-13-5-6-15(22-13)16(20)21-2/h5-8,12H,3-4,9-11H2,1-2H3/t12-/m0/s1. The fourth-order valence-corrected chi connectivity index (χ4v) is 3.12. The summed E-state index contributed by atoms with van der Waals surface area (Å²) in [5.41, 5.74) is 1.28. The van der Waals surface area contributed by atoms with Gasteiger partial charge in [-0.3, -0.25) is 9.58 Å². The Labute approximate surface area is 129 Å². The molecule has 118 valence electrons. The van der Waals surface area contributed by atoms with E-state index in [9.17, 15) is 4.79 Å². The van der Waals surface area contributed by atoms with E-state index in [1.807, 2.05) is 24.0 Å². The van der Waals surface area contributed by atoms with E-state index in [0.29, 0.717) is 12.5 Å². The molecule has 6 nitrogen and oxygen atoms in total. The Bertz CT molecular complexity index is 647. The third kappa shape index (κ3) is 3.06. The van der Waals surface area contributed by atoms with Crippen LogP contribution < -0.4 is 0 Å². The van der Waals surface area contributed by atoms with E-state index >= 15 is 0 Å². The van der Waals surface area contributed by atoms with Crippen LogP contribution in [0.5, 0.6) is 0 Å². The average Bonchev–Trinajstić information content (AvgIpc) is 3.16. The third-order valence-electron chi connectivity index (χ3n) is 4.21. The number of carbonyl (C=O) groups excluding carboxylic acids is 1. The zero-order valence-corrected chi connectivity index (χ0v) is 13.0. The highest BCUT2D eigenvalue weighted by Gasteiger charge is 2.24. The maximum absolute atomic E-state index is 11.4. The molecule has 3 heterocycles. The van der Waals surface area contributed by atoms with Crippen LogP contribution in [0.4, 0.5) is 0 Å². The highest BCUT2D eigenvalue weighted by Crippen LogP contribution is 2.27. The Morgan fingerprint density at radius 1 is 1.45 bits per heavy atom. The van der Waals surface area contributed by atoms with E-state index in [2.05, 4.69) is 20.8 Å². The second kappa shape index (κ2) is 6.36. The molecule has 0 unspecified atom stereocenters. The Hall–Kier alpha value is -2.08. The molecule has 2 aromatic rings. The van der Waals surface area contributed by atoms with Crippen molar-refractivity contribution >= 4 is 5.97 Å². The van der Waals surface area contributed by atoms with Gasteiger partial charge in [-0.2, -0.15) is 5.10 Å². The molecule has 1 aliphatic heterocycles. The highest BCUT2D eigenvalue weighted by atomic mass is 16.5. The van der Waals surface area contributed by atoms with Crippen LogP contribution in [0.3, 0.4) is 0 Å². The Morgan fingerprint density at radius 3 is 3.05 bits per heavy atom. The number of ether oxygens (including phenoxy) is 1. The van der Waals surface area contributed by atoms with Gasteiger partial charge >= 0.3 is 5.97 Å². The lowest BCUT2D eigenvalue weighted by Crippen LogP contribution is -2.34. The second-order valence-electron chi connectivity index (χ2n) is 5.71. The summed E-state index contributed by atoms with van der Waals surface area (Å²) in [6.45, 7) is 2.74. The molecule has 0 radical (unpaired) electrons. The largest absolute Gasteiger partial charge is 0.463 e. The fourth-order valence-electron chi connectivity index (χ4n) is 3.12. The molecule has 1 atom stereocenters. The Kier molecular flexibility index (Phi) is 4.29. The minimum Gasteiger partial charge on any atom is -0.463 e. The van der Waals surface area contributed by atoms with Gasteiger partial charge in [0, 0.05) is 31.4 Å². The number of likely N-dealkylation sites (tertiary alicyclic amines) is 1. The Morgan fingerprint density at radius 2 is 2.32 bits per heavy atom. The van der Waals surface area contributed by atoms with Gasteiger partial charge in [-0.25, -0.2) is 4.79 Å². The summed E-state index contributed by atoms with van der Waals surface area (Å²) in [4.78, 5) is 13.8. The van der Waals surface area contributed by atoms with Gasteiger partial charge < -0.3 is 9.15 Å². The number of carbonyl (C=O) groups is 1. The normalized spacial score (nSPS) is 19.3. The smallest absolute Gasteiger partial charge is 0.373 e. The van der Waals surface area contributed by atoms with Gasteiger partial charge in [-0.15, -0.1) is 0 Å². The van der Waals surface area contributed by atoms with Gasteiger partial charge in [0.2, 0.25) is 5.76 Å². The van der Waals surface area contributed by atoms with E-state index in [1.54, 1.807) is 6.07 Å². The van der Waals surface area contributed by atoms with Crippen molar-refractivity contribution in [1.82, 2.24) is 14.7 Å². The minimum absolute atomic E-state index is 0.262. The van der Waals surface area contributed by atoms with Crippen molar-refractivity contribution in [3.8, 4) is 0 Å². The zero-order valence-electron chi connectivity index (χ0n) is 13.0.